The Bertz CT molecular complexity index is 1790. The third kappa shape index (κ3) is 4.25. The molecule has 0 atom stereocenters. The number of carbonyl (C=O) groups excluding carboxylic acids is 1. The molecule has 0 bridgehead atoms. The van der Waals surface area contributed by atoms with E-state index in [1.165, 1.54) is 11.1 Å². The molecular weight excluding hydrogens is 452 g/mol. The first-order valence-corrected chi connectivity index (χ1v) is 12.4. The van der Waals surface area contributed by atoms with Crippen molar-refractivity contribution in [1.82, 2.24) is 9.38 Å². The molecule has 0 fully saturated rings. The van der Waals surface area contributed by atoms with Crippen LogP contribution in [0.1, 0.15) is 27.0 Å². The molecule has 3 aromatic heterocycles. The monoisotopic (exact) mass is 478 g/mol. The fourth-order valence-corrected chi connectivity index (χ4v) is 4.84. The molecule has 3 heterocycles. The van der Waals surface area contributed by atoms with Crippen molar-refractivity contribution in [2.45, 2.75) is 13.8 Å². The summed E-state index contributed by atoms with van der Waals surface area (Å²) in [7, 11) is 0. The van der Waals surface area contributed by atoms with E-state index in [0.29, 0.717) is 5.56 Å². The minimum Gasteiger partial charge on any atom is -0.314 e. The molecule has 3 nitrogen and oxygen atoms in total. The summed E-state index contributed by atoms with van der Waals surface area (Å²) in [5, 5.41) is 1.08. The molecule has 6 aromatic rings. The van der Waals surface area contributed by atoms with Crippen LogP contribution >= 0.6 is 0 Å². The number of allylic oxidation sites excluding steroid dienone is 1. The summed E-state index contributed by atoms with van der Waals surface area (Å²) in [6, 6.07) is 34.8. The molecule has 0 saturated carbocycles. The lowest BCUT2D eigenvalue weighted by Crippen LogP contribution is -1.97. The Hall–Kier alpha value is -4.76. The molecule has 0 unspecified atom stereocenters. The number of aryl methyl sites for hydroxylation is 2. The van der Waals surface area contributed by atoms with Crippen molar-refractivity contribution in [2.24, 2.45) is 0 Å². The predicted molar refractivity (Wildman–Crippen MR) is 153 cm³/mol. The van der Waals surface area contributed by atoms with Crippen LogP contribution in [-0.4, -0.2) is 15.2 Å². The highest BCUT2D eigenvalue weighted by molar-refractivity contribution is 6.18. The number of benzene rings is 3. The summed E-state index contributed by atoms with van der Waals surface area (Å²) >= 11 is 0. The first-order chi connectivity index (χ1) is 18.1. The van der Waals surface area contributed by atoms with Crippen molar-refractivity contribution in [3.63, 3.8) is 0 Å². The van der Waals surface area contributed by atoms with Gasteiger partial charge in [0.05, 0.1) is 28.0 Å². The standard InChI is InChI=1S/C34H26N2O/c1-23-10-14-25(15-11-23)16-21-31(37)33-30-9-5-6-22-36(30)34(32(33)27-17-12-24(2)13-18-27)29-20-19-26-7-3-4-8-28(26)35-29/h3-22H,1-2H3/b21-16+. The van der Waals surface area contributed by atoms with E-state index in [2.05, 4.69) is 66.8 Å². The minimum atomic E-state index is -0.0353. The highest BCUT2D eigenvalue weighted by Crippen LogP contribution is 2.40. The van der Waals surface area contributed by atoms with E-state index in [0.717, 1.165) is 44.5 Å². The molecular formula is C34H26N2O. The third-order valence-electron chi connectivity index (χ3n) is 6.78. The maximum atomic E-state index is 13.9. The quantitative estimate of drug-likeness (QED) is 0.184. The van der Waals surface area contributed by atoms with Crippen LogP contribution in [0.15, 0.2) is 115 Å². The number of hydrogen-bond donors (Lipinski definition) is 0. The van der Waals surface area contributed by atoms with Gasteiger partial charge in [-0.3, -0.25) is 4.79 Å². The smallest absolute Gasteiger partial charge is 0.188 e. The molecule has 3 heteroatoms. The number of ketones is 1. The zero-order valence-electron chi connectivity index (χ0n) is 20.8. The third-order valence-corrected chi connectivity index (χ3v) is 6.78. The van der Waals surface area contributed by atoms with E-state index in [9.17, 15) is 4.79 Å². The number of aromatic nitrogens is 2. The van der Waals surface area contributed by atoms with Crippen molar-refractivity contribution in [1.29, 1.82) is 0 Å². The van der Waals surface area contributed by atoms with Crippen LogP contribution < -0.4 is 0 Å². The van der Waals surface area contributed by atoms with Crippen LogP contribution in [0.3, 0.4) is 0 Å². The van der Waals surface area contributed by atoms with Gasteiger partial charge in [-0.15, -0.1) is 0 Å². The first-order valence-electron chi connectivity index (χ1n) is 12.4. The Kier molecular flexibility index (Phi) is 5.74. The molecule has 0 amide bonds. The van der Waals surface area contributed by atoms with Gasteiger partial charge in [0.25, 0.3) is 0 Å². The van der Waals surface area contributed by atoms with Crippen LogP contribution in [0.25, 0.3) is 45.0 Å². The topological polar surface area (TPSA) is 34.4 Å². The van der Waals surface area contributed by atoms with Crippen molar-refractivity contribution < 1.29 is 4.79 Å². The Morgan fingerprint density at radius 2 is 1.46 bits per heavy atom. The molecule has 0 radical (unpaired) electrons. The van der Waals surface area contributed by atoms with Gasteiger partial charge in [0, 0.05) is 17.1 Å². The second-order valence-electron chi connectivity index (χ2n) is 9.42. The van der Waals surface area contributed by atoms with E-state index in [1.54, 1.807) is 6.08 Å². The zero-order valence-corrected chi connectivity index (χ0v) is 20.8. The number of carbonyl (C=O) groups is 1. The largest absolute Gasteiger partial charge is 0.314 e. The average Bonchev–Trinajstić information content (AvgIpc) is 3.28. The minimum absolute atomic E-state index is 0.0353. The van der Waals surface area contributed by atoms with E-state index in [1.807, 2.05) is 66.9 Å². The molecule has 0 spiro atoms. The maximum absolute atomic E-state index is 13.9. The van der Waals surface area contributed by atoms with Crippen molar-refractivity contribution in [3.8, 4) is 22.5 Å². The lowest BCUT2D eigenvalue weighted by atomic mass is 9.95. The van der Waals surface area contributed by atoms with Crippen molar-refractivity contribution in [3.05, 3.63) is 138 Å². The lowest BCUT2D eigenvalue weighted by molar-refractivity contribution is 0.105. The molecule has 37 heavy (non-hydrogen) atoms. The fourth-order valence-electron chi connectivity index (χ4n) is 4.84. The Morgan fingerprint density at radius 3 is 2.24 bits per heavy atom. The molecule has 0 aliphatic carbocycles. The van der Waals surface area contributed by atoms with Gasteiger partial charge >= 0.3 is 0 Å². The van der Waals surface area contributed by atoms with Gasteiger partial charge in [0.2, 0.25) is 0 Å². The SMILES string of the molecule is Cc1ccc(/C=C/C(=O)c2c(-c3ccc(C)cc3)c(-c3ccc4ccccc4n3)n3ccccc23)cc1. The van der Waals surface area contributed by atoms with Gasteiger partial charge in [-0.2, -0.15) is 0 Å². The van der Waals surface area contributed by atoms with Crippen LogP contribution in [0.5, 0.6) is 0 Å². The predicted octanol–water partition coefficient (Wildman–Crippen LogP) is 8.33. The van der Waals surface area contributed by atoms with Gasteiger partial charge in [0.15, 0.2) is 5.78 Å². The highest BCUT2D eigenvalue weighted by atomic mass is 16.1. The summed E-state index contributed by atoms with van der Waals surface area (Å²) in [6.45, 7) is 4.13. The van der Waals surface area contributed by atoms with E-state index in [-0.39, 0.29) is 5.78 Å². The van der Waals surface area contributed by atoms with Crippen LogP contribution in [-0.2, 0) is 0 Å². The fraction of sp³-hybridized carbons (Fsp3) is 0.0588. The number of pyridine rings is 2. The molecule has 0 saturated heterocycles. The number of hydrogen-bond acceptors (Lipinski definition) is 2. The Morgan fingerprint density at radius 1 is 0.757 bits per heavy atom. The average molecular weight is 479 g/mol. The van der Waals surface area contributed by atoms with Gasteiger partial charge < -0.3 is 4.40 Å². The first kappa shape index (κ1) is 22.7. The van der Waals surface area contributed by atoms with Crippen LogP contribution in [0, 0.1) is 13.8 Å². The van der Waals surface area contributed by atoms with Crippen molar-refractivity contribution in [2.75, 3.05) is 0 Å². The summed E-state index contributed by atoms with van der Waals surface area (Å²) in [6.07, 6.45) is 5.59. The van der Waals surface area contributed by atoms with Crippen molar-refractivity contribution >= 4 is 28.3 Å². The van der Waals surface area contributed by atoms with E-state index in [4.69, 9.17) is 4.98 Å². The molecule has 178 valence electrons. The maximum Gasteiger partial charge on any atom is 0.188 e. The molecule has 0 N–H and O–H groups in total. The summed E-state index contributed by atoms with van der Waals surface area (Å²) in [4.78, 5) is 18.9. The second kappa shape index (κ2) is 9.36. The van der Waals surface area contributed by atoms with Gasteiger partial charge in [-0.25, -0.2) is 4.98 Å². The van der Waals surface area contributed by atoms with E-state index >= 15 is 0 Å². The molecule has 0 aliphatic heterocycles. The molecule has 3 aromatic carbocycles. The number of fused-ring (bicyclic) bond motifs is 2. The normalized spacial score (nSPS) is 11.5. The summed E-state index contributed by atoms with van der Waals surface area (Å²) < 4.78 is 2.10. The lowest BCUT2D eigenvalue weighted by Gasteiger charge is -2.09. The van der Waals surface area contributed by atoms with Crippen LogP contribution in [0.2, 0.25) is 0 Å². The van der Waals surface area contributed by atoms with Gasteiger partial charge in [-0.1, -0.05) is 96.1 Å². The van der Waals surface area contributed by atoms with Crippen LogP contribution in [0.4, 0.5) is 0 Å². The van der Waals surface area contributed by atoms with Gasteiger partial charge in [-0.05, 0) is 55.3 Å². The zero-order chi connectivity index (χ0) is 25.4. The number of nitrogens with zero attached hydrogens (tertiary/aromatic N) is 2. The number of rotatable bonds is 5. The van der Waals surface area contributed by atoms with E-state index < -0.39 is 0 Å². The number of para-hydroxylation sites is 1. The Labute approximate surface area is 216 Å². The summed E-state index contributed by atoms with van der Waals surface area (Å²) in [5.74, 6) is -0.0353. The molecule has 0 aliphatic rings. The second-order valence-corrected chi connectivity index (χ2v) is 9.42. The van der Waals surface area contributed by atoms with Gasteiger partial charge in [0.1, 0.15) is 0 Å². The highest BCUT2D eigenvalue weighted by Gasteiger charge is 2.25. The Balaban J connectivity index is 1.61. The molecule has 6 rings (SSSR count). The summed E-state index contributed by atoms with van der Waals surface area (Å²) in [5.41, 5.74) is 9.46.